The maximum Gasteiger partial charge on any atom is 0.119 e. The van der Waals surface area contributed by atoms with Crippen molar-refractivity contribution in [1.82, 2.24) is 5.32 Å². The second-order valence-corrected chi connectivity index (χ2v) is 8.15. The monoisotopic (exact) mass is 407 g/mol. The number of benzene rings is 3. The summed E-state index contributed by atoms with van der Waals surface area (Å²) in [4.78, 5) is 0. The summed E-state index contributed by atoms with van der Waals surface area (Å²) >= 11 is 6.01. The van der Waals surface area contributed by atoms with E-state index >= 15 is 0 Å². The Morgan fingerprint density at radius 2 is 1.34 bits per heavy atom. The number of rotatable bonds is 9. The van der Waals surface area contributed by atoms with Crippen molar-refractivity contribution in [3.05, 3.63) is 101 Å². The summed E-state index contributed by atoms with van der Waals surface area (Å²) in [5, 5.41) is 4.43. The highest BCUT2D eigenvalue weighted by atomic mass is 35.5. The van der Waals surface area contributed by atoms with Crippen molar-refractivity contribution in [3.8, 4) is 5.75 Å². The van der Waals surface area contributed by atoms with Gasteiger partial charge < -0.3 is 10.1 Å². The zero-order valence-corrected chi connectivity index (χ0v) is 18.2. The molecule has 0 fully saturated rings. The molecule has 2 atom stereocenters. The second-order valence-electron chi connectivity index (χ2n) is 7.71. The fraction of sp³-hybridized carbons (Fsp3) is 0.308. The first-order valence-electron chi connectivity index (χ1n) is 10.3. The summed E-state index contributed by atoms with van der Waals surface area (Å²) in [7, 11) is 0. The third-order valence-electron chi connectivity index (χ3n) is 5.11. The van der Waals surface area contributed by atoms with Crippen LogP contribution in [-0.2, 0) is 0 Å². The van der Waals surface area contributed by atoms with Crippen LogP contribution < -0.4 is 10.1 Å². The molecule has 0 spiro atoms. The Bertz CT molecular complexity index is 859. The lowest BCUT2D eigenvalue weighted by molar-refractivity contribution is 0.242. The van der Waals surface area contributed by atoms with E-state index in [1.165, 1.54) is 16.7 Å². The van der Waals surface area contributed by atoms with Gasteiger partial charge in [0.05, 0.1) is 6.10 Å². The molecule has 0 heterocycles. The molecule has 0 aliphatic carbocycles. The van der Waals surface area contributed by atoms with Crippen molar-refractivity contribution < 1.29 is 4.74 Å². The lowest BCUT2D eigenvalue weighted by Gasteiger charge is -2.21. The Kier molecular flexibility index (Phi) is 7.74. The largest absolute Gasteiger partial charge is 0.491 e. The Hall–Kier alpha value is -2.29. The van der Waals surface area contributed by atoms with E-state index in [0.717, 1.165) is 23.7 Å². The molecule has 152 valence electrons. The maximum atomic E-state index is 6.01. The molecule has 2 nitrogen and oxygen atoms in total. The molecule has 0 saturated heterocycles. The summed E-state index contributed by atoms with van der Waals surface area (Å²) in [5.74, 6) is 1.26. The lowest BCUT2D eigenvalue weighted by atomic mass is 9.88. The van der Waals surface area contributed by atoms with E-state index in [-0.39, 0.29) is 12.1 Å². The van der Waals surface area contributed by atoms with Gasteiger partial charge in [-0.3, -0.25) is 0 Å². The van der Waals surface area contributed by atoms with Gasteiger partial charge in [-0.15, -0.1) is 0 Å². The zero-order chi connectivity index (χ0) is 20.6. The molecular formula is C26H30ClNO. The van der Waals surface area contributed by atoms with E-state index in [1.54, 1.807) is 0 Å². The Balaban J connectivity index is 1.68. The van der Waals surface area contributed by atoms with Crippen molar-refractivity contribution in [3.63, 3.8) is 0 Å². The van der Waals surface area contributed by atoms with Crippen LogP contribution in [0.25, 0.3) is 0 Å². The summed E-state index contributed by atoms with van der Waals surface area (Å²) in [5.41, 5.74) is 3.90. The molecule has 3 heteroatoms. The van der Waals surface area contributed by atoms with Crippen LogP contribution in [0, 0.1) is 0 Å². The predicted molar refractivity (Wildman–Crippen MR) is 123 cm³/mol. The van der Waals surface area contributed by atoms with Crippen molar-refractivity contribution in [2.45, 2.75) is 45.3 Å². The molecule has 29 heavy (non-hydrogen) atoms. The first kappa shape index (κ1) is 21.4. The first-order chi connectivity index (χ1) is 14.0. The predicted octanol–water partition coefficient (Wildman–Crippen LogP) is 7.00. The molecule has 3 aromatic rings. The molecule has 0 amide bonds. The van der Waals surface area contributed by atoms with E-state index in [1.807, 2.05) is 26.0 Å². The first-order valence-corrected chi connectivity index (χ1v) is 10.7. The minimum absolute atomic E-state index is 0.185. The molecule has 0 bridgehead atoms. The molecule has 0 aromatic heterocycles. The van der Waals surface area contributed by atoms with E-state index < -0.39 is 0 Å². The standard InChI is InChI=1S/C26H30ClNO/c1-19(2)29-25-15-11-23(12-16-25)26(22-7-5-4-6-8-22)17-18-28-20(3)21-9-13-24(27)14-10-21/h4-16,19-20,26,28H,17-18H2,1-3H3. The van der Waals surface area contributed by atoms with Crippen LogP contribution >= 0.6 is 11.6 Å². The normalized spacial score (nSPS) is 13.3. The number of ether oxygens (including phenoxy) is 1. The van der Waals surface area contributed by atoms with Crippen LogP contribution in [0.2, 0.25) is 5.02 Å². The van der Waals surface area contributed by atoms with Gasteiger partial charge in [0.25, 0.3) is 0 Å². The molecule has 3 aromatic carbocycles. The number of hydrogen-bond donors (Lipinski definition) is 1. The molecular weight excluding hydrogens is 378 g/mol. The van der Waals surface area contributed by atoms with E-state index in [9.17, 15) is 0 Å². The number of hydrogen-bond acceptors (Lipinski definition) is 2. The lowest BCUT2D eigenvalue weighted by Crippen LogP contribution is -2.21. The average molecular weight is 408 g/mol. The van der Waals surface area contributed by atoms with Crippen LogP contribution in [0.1, 0.15) is 55.8 Å². The topological polar surface area (TPSA) is 21.3 Å². The Morgan fingerprint density at radius 3 is 1.97 bits per heavy atom. The highest BCUT2D eigenvalue weighted by Gasteiger charge is 2.15. The minimum Gasteiger partial charge on any atom is -0.491 e. The fourth-order valence-corrected chi connectivity index (χ4v) is 3.70. The van der Waals surface area contributed by atoms with Crippen LogP contribution in [0.15, 0.2) is 78.9 Å². The molecule has 0 saturated carbocycles. The average Bonchev–Trinajstić information content (AvgIpc) is 2.72. The second kappa shape index (κ2) is 10.5. The van der Waals surface area contributed by atoms with Gasteiger partial charge in [-0.05, 0) is 74.7 Å². The Morgan fingerprint density at radius 1 is 0.759 bits per heavy atom. The quantitative estimate of drug-likeness (QED) is 0.412. The van der Waals surface area contributed by atoms with Gasteiger partial charge in [0.2, 0.25) is 0 Å². The SMILES string of the molecule is CC(C)Oc1ccc(C(CCNC(C)c2ccc(Cl)cc2)c2ccccc2)cc1. The van der Waals surface area contributed by atoms with E-state index in [0.29, 0.717) is 5.92 Å². The minimum atomic E-state index is 0.185. The molecule has 1 N–H and O–H groups in total. The molecule has 3 rings (SSSR count). The summed E-state index contributed by atoms with van der Waals surface area (Å²) < 4.78 is 5.80. The highest BCUT2D eigenvalue weighted by Crippen LogP contribution is 2.29. The number of nitrogens with one attached hydrogen (secondary N) is 1. The fourth-order valence-electron chi connectivity index (χ4n) is 3.58. The van der Waals surface area contributed by atoms with E-state index in [4.69, 9.17) is 16.3 Å². The van der Waals surface area contributed by atoms with Gasteiger partial charge in [-0.2, -0.15) is 0 Å². The Labute approximate surface area is 179 Å². The summed E-state index contributed by atoms with van der Waals surface area (Å²) in [6.45, 7) is 7.22. The van der Waals surface area contributed by atoms with Crippen molar-refractivity contribution in [2.75, 3.05) is 6.54 Å². The third-order valence-corrected chi connectivity index (χ3v) is 5.36. The van der Waals surface area contributed by atoms with Gasteiger partial charge in [-0.25, -0.2) is 0 Å². The van der Waals surface area contributed by atoms with Crippen LogP contribution in [0.3, 0.4) is 0 Å². The molecule has 0 aliphatic heterocycles. The van der Waals surface area contributed by atoms with Crippen LogP contribution in [0.4, 0.5) is 0 Å². The zero-order valence-electron chi connectivity index (χ0n) is 17.4. The van der Waals surface area contributed by atoms with Crippen LogP contribution in [0.5, 0.6) is 5.75 Å². The molecule has 0 radical (unpaired) electrons. The van der Waals surface area contributed by atoms with Crippen molar-refractivity contribution >= 4 is 11.6 Å². The van der Waals surface area contributed by atoms with Gasteiger partial charge in [0, 0.05) is 17.0 Å². The van der Waals surface area contributed by atoms with Crippen molar-refractivity contribution in [2.24, 2.45) is 0 Å². The highest BCUT2D eigenvalue weighted by molar-refractivity contribution is 6.30. The maximum absolute atomic E-state index is 6.01. The van der Waals surface area contributed by atoms with Crippen molar-refractivity contribution in [1.29, 1.82) is 0 Å². The smallest absolute Gasteiger partial charge is 0.119 e. The van der Waals surface area contributed by atoms with Crippen LogP contribution in [-0.4, -0.2) is 12.6 Å². The summed E-state index contributed by atoms with van der Waals surface area (Å²) in [6.07, 6.45) is 1.20. The van der Waals surface area contributed by atoms with Gasteiger partial charge in [0.1, 0.15) is 5.75 Å². The van der Waals surface area contributed by atoms with Gasteiger partial charge in [0.15, 0.2) is 0 Å². The summed E-state index contributed by atoms with van der Waals surface area (Å²) in [6, 6.07) is 27.6. The third kappa shape index (κ3) is 6.35. The number of halogens is 1. The van der Waals surface area contributed by atoms with E-state index in [2.05, 4.69) is 79.0 Å². The van der Waals surface area contributed by atoms with Gasteiger partial charge >= 0.3 is 0 Å². The molecule has 2 unspecified atom stereocenters. The van der Waals surface area contributed by atoms with Gasteiger partial charge in [-0.1, -0.05) is 66.2 Å². The molecule has 0 aliphatic rings.